The third-order valence-corrected chi connectivity index (χ3v) is 4.12. The number of hydrogen-bond donors (Lipinski definition) is 1. The van der Waals surface area contributed by atoms with E-state index in [1.165, 1.54) is 0 Å². The number of ketones is 2. The number of rotatable bonds is 5. The summed E-state index contributed by atoms with van der Waals surface area (Å²) in [4.78, 5) is 24.1. The maximum atomic E-state index is 12.1. The molecule has 0 heterocycles. The normalized spacial score (nSPS) is 27.1. The zero-order valence-corrected chi connectivity index (χ0v) is 11.3. The van der Waals surface area contributed by atoms with E-state index in [2.05, 4.69) is 12.6 Å². The summed E-state index contributed by atoms with van der Waals surface area (Å²) < 4.78 is 0. The van der Waals surface area contributed by atoms with Crippen LogP contribution in [0, 0.1) is 23.7 Å². The van der Waals surface area contributed by atoms with E-state index in [0.29, 0.717) is 5.75 Å². The minimum Gasteiger partial charge on any atom is -0.299 e. The maximum Gasteiger partial charge on any atom is 0.140 e. The van der Waals surface area contributed by atoms with Crippen LogP contribution < -0.4 is 0 Å². The molecule has 3 atom stereocenters. The van der Waals surface area contributed by atoms with Gasteiger partial charge in [-0.1, -0.05) is 27.2 Å². The van der Waals surface area contributed by atoms with Crippen molar-refractivity contribution < 1.29 is 9.59 Å². The first kappa shape index (κ1) is 13.8. The molecule has 0 bridgehead atoms. The SMILES string of the molecule is CC(C)C(=O)[C@@H]1CCCC1C(=O)[C@H](C)CS. The maximum absolute atomic E-state index is 12.1. The second kappa shape index (κ2) is 5.85. The van der Waals surface area contributed by atoms with Crippen LogP contribution >= 0.6 is 12.6 Å². The molecule has 0 aromatic carbocycles. The number of carbonyl (C=O) groups excluding carboxylic acids is 2. The Bertz CT molecular complexity index is 273. The van der Waals surface area contributed by atoms with Crippen molar-refractivity contribution in [3.05, 3.63) is 0 Å². The van der Waals surface area contributed by atoms with Crippen molar-refractivity contribution in [3.8, 4) is 0 Å². The van der Waals surface area contributed by atoms with E-state index in [4.69, 9.17) is 0 Å². The summed E-state index contributed by atoms with van der Waals surface area (Å²) in [6, 6.07) is 0. The van der Waals surface area contributed by atoms with Crippen LogP contribution in [0.3, 0.4) is 0 Å². The van der Waals surface area contributed by atoms with Crippen LogP contribution in [-0.4, -0.2) is 17.3 Å². The van der Waals surface area contributed by atoms with E-state index in [-0.39, 0.29) is 35.2 Å². The van der Waals surface area contributed by atoms with Crippen molar-refractivity contribution in [2.75, 3.05) is 5.75 Å². The lowest BCUT2D eigenvalue weighted by Crippen LogP contribution is -2.31. The number of carbonyl (C=O) groups is 2. The molecule has 1 unspecified atom stereocenters. The van der Waals surface area contributed by atoms with Crippen LogP contribution in [0.15, 0.2) is 0 Å². The third-order valence-electron chi connectivity index (χ3n) is 3.58. The van der Waals surface area contributed by atoms with Crippen LogP contribution in [0.25, 0.3) is 0 Å². The summed E-state index contributed by atoms with van der Waals surface area (Å²) in [5.74, 6) is 1.07. The fraction of sp³-hybridized carbons (Fsp3) is 0.846. The number of Topliss-reactive ketones (excluding diaryl/α,β-unsaturated/α-hetero) is 2. The molecule has 3 heteroatoms. The molecule has 0 amide bonds. The molecule has 0 N–H and O–H groups in total. The largest absolute Gasteiger partial charge is 0.299 e. The van der Waals surface area contributed by atoms with Gasteiger partial charge in [0.15, 0.2) is 0 Å². The predicted molar refractivity (Wildman–Crippen MR) is 68.7 cm³/mol. The predicted octanol–water partition coefficient (Wildman–Crippen LogP) is 2.76. The standard InChI is InChI=1S/C13H22O2S/c1-8(2)12(14)10-5-4-6-11(10)13(15)9(3)7-16/h8-11,16H,4-7H2,1-3H3/t9-,10-,11?/m1/s1. The fourth-order valence-electron chi connectivity index (χ4n) is 2.52. The highest BCUT2D eigenvalue weighted by atomic mass is 32.1. The second-order valence-electron chi connectivity index (χ2n) is 5.19. The second-order valence-corrected chi connectivity index (χ2v) is 5.55. The lowest BCUT2D eigenvalue weighted by molar-refractivity contribution is -0.134. The Hall–Kier alpha value is -0.310. The average molecular weight is 242 g/mol. The molecule has 2 nitrogen and oxygen atoms in total. The van der Waals surface area contributed by atoms with Crippen LogP contribution in [0.2, 0.25) is 0 Å². The molecular weight excluding hydrogens is 220 g/mol. The lowest BCUT2D eigenvalue weighted by atomic mass is 9.81. The minimum atomic E-state index is -0.0305. The monoisotopic (exact) mass is 242 g/mol. The molecule has 1 aliphatic rings. The lowest BCUT2D eigenvalue weighted by Gasteiger charge is -2.21. The van der Waals surface area contributed by atoms with Crippen molar-refractivity contribution in [1.82, 2.24) is 0 Å². The van der Waals surface area contributed by atoms with E-state index >= 15 is 0 Å². The first-order valence-electron chi connectivity index (χ1n) is 6.17. The van der Waals surface area contributed by atoms with E-state index in [1.807, 2.05) is 20.8 Å². The van der Waals surface area contributed by atoms with Gasteiger partial charge >= 0.3 is 0 Å². The smallest absolute Gasteiger partial charge is 0.140 e. The first-order chi connectivity index (χ1) is 7.49. The zero-order chi connectivity index (χ0) is 12.3. The Balaban J connectivity index is 2.73. The highest BCUT2D eigenvalue weighted by molar-refractivity contribution is 7.80. The molecule has 0 aliphatic heterocycles. The summed E-state index contributed by atoms with van der Waals surface area (Å²) >= 11 is 4.16. The Kier molecular flexibility index (Phi) is 5.03. The van der Waals surface area contributed by atoms with Crippen LogP contribution in [-0.2, 0) is 9.59 Å². The molecule has 16 heavy (non-hydrogen) atoms. The minimum absolute atomic E-state index is 0.0187. The molecule has 1 aliphatic carbocycles. The molecule has 1 saturated carbocycles. The van der Waals surface area contributed by atoms with Gasteiger partial charge in [0.25, 0.3) is 0 Å². The fourth-order valence-corrected chi connectivity index (χ4v) is 2.70. The van der Waals surface area contributed by atoms with Crippen molar-refractivity contribution in [2.45, 2.75) is 40.0 Å². The van der Waals surface area contributed by atoms with Crippen molar-refractivity contribution in [3.63, 3.8) is 0 Å². The van der Waals surface area contributed by atoms with E-state index in [9.17, 15) is 9.59 Å². The van der Waals surface area contributed by atoms with Crippen molar-refractivity contribution in [1.29, 1.82) is 0 Å². The summed E-state index contributed by atoms with van der Waals surface area (Å²) in [5, 5.41) is 0. The van der Waals surface area contributed by atoms with Crippen molar-refractivity contribution in [2.24, 2.45) is 23.7 Å². The summed E-state index contributed by atoms with van der Waals surface area (Å²) in [6.45, 7) is 5.75. The summed E-state index contributed by atoms with van der Waals surface area (Å²) in [5.41, 5.74) is 0. The molecule has 1 rings (SSSR count). The van der Waals surface area contributed by atoms with Gasteiger partial charge in [0.05, 0.1) is 0 Å². The number of thiol groups is 1. The summed E-state index contributed by atoms with van der Waals surface area (Å²) in [7, 11) is 0. The van der Waals surface area contributed by atoms with E-state index in [0.717, 1.165) is 19.3 Å². The molecule has 92 valence electrons. The molecule has 0 radical (unpaired) electrons. The highest BCUT2D eigenvalue weighted by Gasteiger charge is 2.39. The molecule has 0 aromatic heterocycles. The van der Waals surface area contributed by atoms with Gasteiger partial charge in [0.1, 0.15) is 11.6 Å². The molecule has 1 fully saturated rings. The van der Waals surface area contributed by atoms with E-state index < -0.39 is 0 Å². The summed E-state index contributed by atoms with van der Waals surface area (Å²) in [6.07, 6.45) is 2.80. The van der Waals surface area contributed by atoms with Crippen LogP contribution in [0.1, 0.15) is 40.0 Å². The van der Waals surface area contributed by atoms with Crippen LogP contribution in [0.4, 0.5) is 0 Å². The third kappa shape index (κ3) is 2.88. The zero-order valence-electron chi connectivity index (χ0n) is 10.4. The van der Waals surface area contributed by atoms with Gasteiger partial charge in [-0.25, -0.2) is 0 Å². The number of hydrogen-bond acceptors (Lipinski definition) is 3. The quantitative estimate of drug-likeness (QED) is 0.752. The molecule has 0 aromatic rings. The Morgan fingerprint density at radius 2 is 1.62 bits per heavy atom. The average Bonchev–Trinajstić information content (AvgIpc) is 2.74. The molecular formula is C13H22O2S. The Labute approximate surface area is 104 Å². The van der Waals surface area contributed by atoms with Gasteiger partial charge in [-0.2, -0.15) is 12.6 Å². The van der Waals surface area contributed by atoms with Gasteiger partial charge in [0.2, 0.25) is 0 Å². The molecule has 0 saturated heterocycles. The van der Waals surface area contributed by atoms with Gasteiger partial charge in [-0.15, -0.1) is 0 Å². The van der Waals surface area contributed by atoms with Gasteiger partial charge < -0.3 is 0 Å². The Morgan fingerprint density at radius 1 is 1.12 bits per heavy atom. The molecule has 0 spiro atoms. The van der Waals surface area contributed by atoms with Gasteiger partial charge in [-0.05, 0) is 18.6 Å². The first-order valence-corrected chi connectivity index (χ1v) is 6.80. The van der Waals surface area contributed by atoms with E-state index in [1.54, 1.807) is 0 Å². The highest BCUT2D eigenvalue weighted by Crippen LogP contribution is 2.36. The van der Waals surface area contributed by atoms with Crippen molar-refractivity contribution >= 4 is 24.2 Å². The van der Waals surface area contributed by atoms with Crippen LogP contribution in [0.5, 0.6) is 0 Å². The Morgan fingerprint density at radius 3 is 2.06 bits per heavy atom. The van der Waals surface area contributed by atoms with Gasteiger partial charge in [-0.3, -0.25) is 9.59 Å². The topological polar surface area (TPSA) is 34.1 Å². The van der Waals surface area contributed by atoms with Gasteiger partial charge in [0, 0.05) is 23.7 Å².